The summed E-state index contributed by atoms with van der Waals surface area (Å²) in [6.45, 7) is 4.81. The summed E-state index contributed by atoms with van der Waals surface area (Å²) in [6, 6.07) is 1.86. The summed E-state index contributed by atoms with van der Waals surface area (Å²) in [6.07, 6.45) is 5.07. The van der Waals surface area contributed by atoms with Gasteiger partial charge in [-0.1, -0.05) is 0 Å². The molecule has 0 aromatic carbocycles. The minimum Gasteiger partial charge on any atom is -0.354 e. The fourth-order valence-corrected chi connectivity index (χ4v) is 1.98. The van der Waals surface area contributed by atoms with Crippen molar-refractivity contribution in [2.45, 2.75) is 23.9 Å². The molecule has 0 fully saturated rings. The highest BCUT2D eigenvalue weighted by Gasteiger charge is 2.06. The molecule has 0 unspecified atom stereocenters. The molecular weight excluding hydrogens is 234 g/mol. The zero-order chi connectivity index (χ0) is 12.1. The highest BCUT2D eigenvalue weighted by molar-refractivity contribution is 7.99. The van der Waals surface area contributed by atoms with Crippen molar-refractivity contribution in [3.63, 3.8) is 0 Å². The van der Waals surface area contributed by atoms with Crippen molar-refractivity contribution < 1.29 is 0 Å². The third-order valence-corrected chi connectivity index (χ3v) is 3.07. The Bertz CT molecular complexity index is 488. The van der Waals surface area contributed by atoms with E-state index < -0.39 is 0 Å². The minimum atomic E-state index is 0.648. The second-order valence-electron chi connectivity index (χ2n) is 3.36. The molecular formula is C11H13N5S. The number of nitrogens with zero attached hydrogens (tertiary/aromatic N) is 4. The summed E-state index contributed by atoms with van der Waals surface area (Å²) in [4.78, 5) is 16.7. The number of hydrogen-bond donors (Lipinski definition) is 1. The van der Waals surface area contributed by atoms with Crippen LogP contribution in [0.3, 0.4) is 0 Å². The van der Waals surface area contributed by atoms with Crippen LogP contribution in [0.1, 0.15) is 12.5 Å². The van der Waals surface area contributed by atoms with Gasteiger partial charge in [-0.3, -0.25) is 0 Å². The lowest BCUT2D eigenvalue weighted by Crippen LogP contribution is -2.03. The normalized spacial score (nSPS) is 10.2. The van der Waals surface area contributed by atoms with Gasteiger partial charge in [-0.15, -0.1) is 0 Å². The highest BCUT2D eigenvalue weighted by atomic mass is 32.2. The Hall–Kier alpha value is -1.69. The van der Waals surface area contributed by atoms with Gasteiger partial charge in [0.15, 0.2) is 0 Å². The first-order valence-corrected chi connectivity index (χ1v) is 6.12. The molecule has 5 nitrogen and oxygen atoms in total. The Labute approximate surface area is 104 Å². The van der Waals surface area contributed by atoms with Crippen LogP contribution in [-0.4, -0.2) is 26.5 Å². The topological polar surface area (TPSA) is 63.6 Å². The van der Waals surface area contributed by atoms with Crippen molar-refractivity contribution in [1.29, 1.82) is 0 Å². The lowest BCUT2D eigenvalue weighted by Gasteiger charge is -2.06. The van der Waals surface area contributed by atoms with Crippen LogP contribution in [0.2, 0.25) is 0 Å². The predicted octanol–water partition coefficient (Wildman–Crippen LogP) is 2.16. The average Bonchev–Trinajstić information content (AvgIpc) is 2.35. The largest absolute Gasteiger partial charge is 0.354 e. The van der Waals surface area contributed by atoms with Crippen molar-refractivity contribution in [3.8, 4) is 0 Å². The Balaban J connectivity index is 2.22. The number of rotatable bonds is 4. The maximum atomic E-state index is 4.44. The van der Waals surface area contributed by atoms with Gasteiger partial charge in [0, 0.05) is 24.5 Å². The molecule has 2 rings (SSSR count). The first-order valence-electron chi connectivity index (χ1n) is 5.31. The maximum Gasteiger partial charge on any atom is 0.223 e. The maximum absolute atomic E-state index is 4.44. The van der Waals surface area contributed by atoms with Gasteiger partial charge >= 0.3 is 0 Å². The van der Waals surface area contributed by atoms with E-state index >= 15 is 0 Å². The third kappa shape index (κ3) is 3.13. The molecule has 88 valence electrons. The first kappa shape index (κ1) is 11.8. The SMILES string of the molecule is CCNc1ncc(C)c(Sc2ccncn2)n1. The molecule has 0 aliphatic rings. The van der Waals surface area contributed by atoms with Gasteiger partial charge in [-0.2, -0.15) is 0 Å². The molecule has 6 heteroatoms. The van der Waals surface area contributed by atoms with Crippen LogP contribution in [0.5, 0.6) is 0 Å². The number of aryl methyl sites for hydroxylation is 1. The van der Waals surface area contributed by atoms with Gasteiger partial charge in [0.1, 0.15) is 16.4 Å². The summed E-state index contributed by atoms with van der Waals surface area (Å²) >= 11 is 1.51. The zero-order valence-corrected chi connectivity index (χ0v) is 10.5. The summed E-state index contributed by atoms with van der Waals surface area (Å²) in [5, 5.41) is 4.88. The van der Waals surface area contributed by atoms with Gasteiger partial charge in [0.05, 0.1) is 0 Å². The Morgan fingerprint density at radius 3 is 2.94 bits per heavy atom. The minimum absolute atomic E-state index is 0.648. The zero-order valence-electron chi connectivity index (χ0n) is 9.71. The van der Waals surface area contributed by atoms with Crippen LogP contribution < -0.4 is 5.32 Å². The number of anilines is 1. The van der Waals surface area contributed by atoms with Gasteiger partial charge in [-0.05, 0) is 31.7 Å². The van der Waals surface area contributed by atoms with Crippen molar-refractivity contribution in [3.05, 3.63) is 30.4 Å². The molecule has 0 amide bonds. The molecule has 0 saturated heterocycles. The lowest BCUT2D eigenvalue weighted by molar-refractivity contribution is 0.974. The summed E-state index contributed by atoms with van der Waals surface area (Å²) < 4.78 is 0. The summed E-state index contributed by atoms with van der Waals surface area (Å²) in [5.41, 5.74) is 1.04. The number of hydrogen-bond acceptors (Lipinski definition) is 6. The van der Waals surface area contributed by atoms with Crippen LogP contribution in [-0.2, 0) is 0 Å². The van der Waals surface area contributed by atoms with Gasteiger partial charge in [-0.25, -0.2) is 19.9 Å². The fourth-order valence-electron chi connectivity index (χ4n) is 1.21. The Morgan fingerprint density at radius 1 is 1.35 bits per heavy atom. The molecule has 2 aromatic heterocycles. The van der Waals surface area contributed by atoms with E-state index in [0.717, 1.165) is 22.2 Å². The van der Waals surface area contributed by atoms with Crippen LogP contribution in [0, 0.1) is 6.92 Å². The second kappa shape index (κ2) is 5.58. The van der Waals surface area contributed by atoms with Crippen LogP contribution >= 0.6 is 11.8 Å². The van der Waals surface area contributed by atoms with E-state index in [1.165, 1.54) is 18.1 Å². The van der Waals surface area contributed by atoms with Crippen LogP contribution in [0.15, 0.2) is 34.8 Å². The van der Waals surface area contributed by atoms with E-state index in [1.54, 1.807) is 6.20 Å². The summed E-state index contributed by atoms with van der Waals surface area (Å²) in [5.74, 6) is 0.648. The van der Waals surface area contributed by atoms with E-state index in [9.17, 15) is 0 Å². The molecule has 17 heavy (non-hydrogen) atoms. The smallest absolute Gasteiger partial charge is 0.223 e. The molecule has 2 heterocycles. The predicted molar refractivity (Wildman–Crippen MR) is 67.1 cm³/mol. The van der Waals surface area contributed by atoms with E-state index in [0.29, 0.717) is 5.95 Å². The molecule has 0 aliphatic heterocycles. The van der Waals surface area contributed by atoms with Crippen molar-refractivity contribution in [2.75, 3.05) is 11.9 Å². The van der Waals surface area contributed by atoms with E-state index in [2.05, 4.69) is 25.3 Å². The molecule has 0 spiro atoms. The average molecular weight is 247 g/mol. The summed E-state index contributed by atoms with van der Waals surface area (Å²) in [7, 11) is 0. The number of aromatic nitrogens is 4. The molecule has 0 radical (unpaired) electrons. The molecule has 0 saturated carbocycles. The van der Waals surface area contributed by atoms with Gasteiger partial charge < -0.3 is 5.32 Å². The van der Waals surface area contributed by atoms with Crippen molar-refractivity contribution in [1.82, 2.24) is 19.9 Å². The van der Waals surface area contributed by atoms with E-state index in [4.69, 9.17) is 0 Å². The van der Waals surface area contributed by atoms with Gasteiger partial charge in [0.2, 0.25) is 5.95 Å². The van der Waals surface area contributed by atoms with Crippen LogP contribution in [0.4, 0.5) is 5.95 Å². The van der Waals surface area contributed by atoms with E-state index in [1.807, 2.05) is 26.1 Å². The quantitative estimate of drug-likeness (QED) is 0.835. The number of nitrogens with one attached hydrogen (secondary N) is 1. The highest BCUT2D eigenvalue weighted by Crippen LogP contribution is 2.26. The van der Waals surface area contributed by atoms with Crippen molar-refractivity contribution >= 4 is 17.7 Å². The molecule has 0 aliphatic carbocycles. The first-order chi connectivity index (χ1) is 8.29. The van der Waals surface area contributed by atoms with Crippen molar-refractivity contribution in [2.24, 2.45) is 0 Å². The Morgan fingerprint density at radius 2 is 2.24 bits per heavy atom. The van der Waals surface area contributed by atoms with Crippen LogP contribution in [0.25, 0.3) is 0 Å². The molecule has 0 bridgehead atoms. The van der Waals surface area contributed by atoms with E-state index in [-0.39, 0.29) is 0 Å². The standard InChI is InChI=1S/C11H13N5S/c1-3-13-11-14-6-8(2)10(16-11)17-9-4-5-12-7-15-9/h4-7H,3H2,1-2H3,(H,13,14,16). The monoisotopic (exact) mass is 247 g/mol. The molecule has 2 aromatic rings. The Kier molecular flexibility index (Phi) is 3.87. The lowest BCUT2D eigenvalue weighted by atomic mass is 10.4. The van der Waals surface area contributed by atoms with Gasteiger partial charge in [0.25, 0.3) is 0 Å². The molecule has 1 N–H and O–H groups in total. The third-order valence-electron chi connectivity index (χ3n) is 2.02. The molecule has 0 atom stereocenters. The fraction of sp³-hybridized carbons (Fsp3) is 0.273. The second-order valence-corrected chi connectivity index (χ2v) is 4.37.